The van der Waals surface area contributed by atoms with Crippen molar-refractivity contribution >= 4 is 54.3 Å². The standard InChI is InChI=1S/C47H27N3/c1-2-10-34-28(7-1)15-16-29-19-24-41(48-45(29)34)32-8-5-9-33(27-32)42-25-20-30-17-18-31-21-26-43(50-47(31)46(30)49-42)37-22-23-40-36-12-4-3-11-35(36)38-13-6-14-39(37)44(38)40/h1-27H. The number of rotatable bonds is 3. The van der Waals surface area contributed by atoms with Crippen LogP contribution in [-0.4, -0.2) is 15.0 Å². The van der Waals surface area contributed by atoms with Crippen molar-refractivity contribution in [2.24, 2.45) is 0 Å². The molecule has 1 aliphatic carbocycles. The zero-order valence-electron chi connectivity index (χ0n) is 26.9. The molecule has 0 fully saturated rings. The molecular formula is C47H27N3. The summed E-state index contributed by atoms with van der Waals surface area (Å²) in [5.74, 6) is 0. The van der Waals surface area contributed by atoms with Crippen molar-refractivity contribution < 1.29 is 0 Å². The van der Waals surface area contributed by atoms with E-state index in [1.54, 1.807) is 0 Å². The normalized spacial score (nSPS) is 12.0. The first kappa shape index (κ1) is 27.3. The molecule has 7 aromatic carbocycles. The van der Waals surface area contributed by atoms with Crippen molar-refractivity contribution in [2.75, 3.05) is 0 Å². The van der Waals surface area contributed by atoms with Gasteiger partial charge >= 0.3 is 0 Å². The molecule has 0 bridgehead atoms. The van der Waals surface area contributed by atoms with Crippen LogP contribution in [0.3, 0.4) is 0 Å². The van der Waals surface area contributed by atoms with E-state index in [2.05, 4.69) is 164 Å². The van der Waals surface area contributed by atoms with Crippen molar-refractivity contribution in [3.05, 3.63) is 164 Å². The van der Waals surface area contributed by atoms with E-state index in [-0.39, 0.29) is 0 Å². The molecule has 3 heterocycles. The molecule has 3 aromatic heterocycles. The van der Waals surface area contributed by atoms with Gasteiger partial charge in [0.1, 0.15) is 0 Å². The first-order valence-electron chi connectivity index (χ1n) is 17.0. The van der Waals surface area contributed by atoms with Gasteiger partial charge in [0.15, 0.2) is 0 Å². The zero-order chi connectivity index (χ0) is 32.8. The van der Waals surface area contributed by atoms with Gasteiger partial charge < -0.3 is 0 Å². The Kier molecular flexibility index (Phi) is 5.67. The van der Waals surface area contributed by atoms with Gasteiger partial charge in [0.25, 0.3) is 0 Å². The summed E-state index contributed by atoms with van der Waals surface area (Å²) in [6.45, 7) is 0. The van der Waals surface area contributed by atoms with Crippen LogP contribution in [0.1, 0.15) is 0 Å². The summed E-state index contributed by atoms with van der Waals surface area (Å²) >= 11 is 0. The fourth-order valence-corrected chi connectivity index (χ4v) is 7.97. The maximum Gasteiger partial charge on any atom is 0.0972 e. The number of hydrogen-bond donors (Lipinski definition) is 0. The molecule has 0 spiro atoms. The Bertz CT molecular complexity index is 3020. The van der Waals surface area contributed by atoms with Gasteiger partial charge in [-0.3, -0.25) is 0 Å². The number of benzene rings is 7. The molecule has 0 aliphatic heterocycles. The minimum atomic E-state index is 0.904. The number of hydrogen-bond acceptors (Lipinski definition) is 3. The van der Waals surface area contributed by atoms with Gasteiger partial charge in [0.2, 0.25) is 0 Å². The lowest BCUT2D eigenvalue weighted by atomic mass is 9.96. The summed E-state index contributed by atoms with van der Waals surface area (Å²) in [6, 6.07) is 58.3. The van der Waals surface area contributed by atoms with Crippen LogP contribution in [0.4, 0.5) is 0 Å². The highest BCUT2D eigenvalue weighted by molar-refractivity contribution is 6.18. The third kappa shape index (κ3) is 4.01. The van der Waals surface area contributed by atoms with Crippen LogP contribution < -0.4 is 0 Å². The molecule has 0 atom stereocenters. The van der Waals surface area contributed by atoms with E-state index in [4.69, 9.17) is 15.0 Å². The predicted octanol–water partition coefficient (Wildman–Crippen LogP) is 12.3. The van der Waals surface area contributed by atoms with Crippen molar-refractivity contribution in [3.63, 3.8) is 0 Å². The second-order valence-corrected chi connectivity index (χ2v) is 13.2. The van der Waals surface area contributed by atoms with Crippen LogP contribution in [0.25, 0.3) is 110 Å². The van der Waals surface area contributed by atoms with Gasteiger partial charge in [-0.1, -0.05) is 140 Å². The van der Waals surface area contributed by atoms with E-state index in [1.165, 1.54) is 43.8 Å². The van der Waals surface area contributed by atoms with Crippen LogP contribution in [0.15, 0.2) is 164 Å². The highest BCUT2D eigenvalue weighted by Gasteiger charge is 2.22. The fourth-order valence-electron chi connectivity index (χ4n) is 7.97. The van der Waals surface area contributed by atoms with Gasteiger partial charge in [0.05, 0.1) is 33.6 Å². The second-order valence-electron chi connectivity index (χ2n) is 13.2. The summed E-state index contributed by atoms with van der Waals surface area (Å²) in [5, 5.41) is 8.18. The zero-order valence-corrected chi connectivity index (χ0v) is 26.9. The average molecular weight is 634 g/mol. The molecule has 0 saturated carbocycles. The van der Waals surface area contributed by atoms with Gasteiger partial charge in [0, 0.05) is 38.2 Å². The molecule has 0 N–H and O–H groups in total. The third-order valence-corrected chi connectivity index (χ3v) is 10.4. The Balaban J connectivity index is 1.04. The van der Waals surface area contributed by atoms with E-state index in [0.717, 1.165) is 66.5 Å². The highest BCUT2D eigenvalue weighted by atomic mass is 14.8. The summed E-state index contributed by atoms with van der Waals surface area (Å²) in [6.07, 6.45) is 0. The van der Waals surface area contributed by atoms with Crippen LogP contribution in [0.5, 0.6) is 0 Å². The van der Waals surface area contributed by atoms with Crippen molar-refractivity contribution in [1.29, 1.82) is 0 Å². The molecule has 0 saturated heterocycles. The molecule has 3 nitrogen and oxygen atoms in total. The Morgan fingerprint density at radius 2 is 0.760 bits per heavy atom. The molecular weight excluding hydrogens is 607 g/mol. The molecule has 50 heavy (non-hydrogen) atoms. The molecule has 0 radical (unpaired) electrons. The van der Waals surface area contributed by atoms with E-state index in [1.807, 2.05) is 0 Å². The maximum atomic E-state index is 5.33. The molecule has 0 unspecified atom stereocenters. The van der Waals surface area contributed by atoms with E-state index in [9.17, 15) is 0 Å². The molecule has 1 aliphatic rings. The average Bonchev–Trinajstić information content (AvgIpc) is 3.52. The lowest BCUT2D eigenvalue weighted by Gasteiger charge is -2.11. The number of aromatic nitrogens is 3. The van der Waals surface area contributed by atoms with Crippen LogP contribution in [-0.2, 0) is 0 Å². The number of nitrogens with zero attached hydrogens (tertiary/aromatic N) is 3. The SMILES string of the molecule is c1cc(-c2ccc3ccc4ccccc4c3n2)cc(-c2ccc3ccc4ccc(-c5ccc6c7c(cccc57)-c5ccccc5-6)nc4c3n2)c1. The first-order valence-corrected chi connectivity index (χ1v) is 17.0. The first-order chi connectivity index (χ1) is 24.8. The Morgan fingerprint density at radius 1 is 0.280 bits per heavy atom. The van der Waals surface area contributed by atoms with Gasteiger partial charge in [-0.25, -0.2) is 15.0 Å². The van der Waals surface area contributed by atoms with E-state index < -0.39 is 0 Å². The minimum absolute atomic E-state index is 0.904. The number of pyridine rings is 3. The Labute approximate surface area is 288 Å². The maximum absolute atomic E-state index is 5.33. The van der Waals surface area contributed by atoms with E-state index in [0.29, 0.717) is 0 Å². The number of fused-ring (bicyclic) bond motifs is 9. The third-order valence-electron chi connectivity index (χ3n) is 10.4. The smallest absolute Gasteiger partial charge is 0.0972 e. The van der Waals surface area contributed by atoms with Crippen molar-refractivity contribution in [1.82, 2.24) is 15.0 Å². The molecule has 230 valence electrons. The van der Waals surface area contributed by atoms with Gasteiger partial charge in [-0.15, -0.1) is 0 Å². The largest absolute Gasteiger partial charge is 0.247 e. The van der Waals surface area contributed by atoms with Crippen LogP contribution in [0.2, 0.25) is 0 Å². The van der Waals surface area contributed by atoms with Crippen molar-refractivity contribution in [3.8, 4) is 56.0 Å². The quantitative estimate of drug-likeness (QED) is 0.182. The lowest BCUT2D eigenvalue weighted by Crippen LogP contribution is -1.92. The monoisotopic (exact) mass is 633 g/mol. The van der Waals surface area contributed by atoms with Crippen LogP contribution >= 0.6 is 0 Å². The summed E-state index contributed by atoms with van der Waals surface area (Å²) in [4.78, 5) is 15.8. The van der Waals surface area contributed by atoms with Gasteiger partial charge in [-0.2, -0.15) is 0 Å². The Hall–Kier alpha value is -6.71. The van der Waals surface area contributed by atoms with Crippen LogP contribution in [0, 0.1) is 0 Å². The molecule has 11 rings (SSSR count). The summed E-state index contributed by atoms with van der Waals surface area (Å²) < 4.78 is 0. The topological polar surface area (TPSA) is 38.7 Å². The molecule has 0 amide bonds. The second kappa shape index (κ2) is 10.4. The summed E-state index contributed by atoms with van der Waals surface area (Å²) in [5.41, 5.74) is 14.1. The fraction of sp³-hybridized carbons (Fsp3) is 0. The lowest BCUT2D eigenvalue weighted by molar-refractivity contribution is 1.36. The summed E-state index contributed by atoms with van der Waals surface area (Å²) in [7, 11) is 0. The predicted molar refractivity (Wildman–Crippen MR) is 208 cm³/mol. The van der Waals surface area contributed by atoms with E-state index >= 15 is 0 Å². The molecule has 3 heteroatoms. The minimum Gasteiger partial charge on any atom is -0.247 e. The highest BCUT2D eigenvalue weighted by Crippen LogP contribution is 2.49. The van der Waals surface area contributed by atoms with Gasteiger partial charge in [-0.05, 0) is 62.7 Å². The van der Waals surface area contributed by atoms with Crippen molar-refractivity contribution in [2.45, 2.75) is 0 Å². The molecule has 10 aromatic rings. The Morgan fingerprint density at radius 3 is 1.50 bits per heavy atom.